The highest BCUT2D eigenvalue weighted by molar-refractivity contribution is 5.50. The molecule has 1 saturated heterocycles. The molecule has 1 aliphatic rings. The fourth-order valence-corrected chi connectivity index (χ4v) is 2.30. The summed E-state index contributed by atoms with van der Waals surface area (Å²) < 4.78 is 5.71. The molecule has 2 rings (SSSR count). The molecule has 1 unspecified atom stereocenters. The molecule has 1 aromatic heterocycles. The summed E-state index contributed by atoms with van der Waals surface area (Å²) in [6.45, 7) is 4.73. The molecule has 1 aromatic rings. The average molecular weight is 279 g/mol. The molecular weight excluding hydrogens is 254 g/mol. The van der Waals surface area contributed by atoms with Gasteiger partial charge in [0.05, 0.1) is 6.10 Å². The Morgan fingerprint density at radius 2 is 2.00 bits per heavy atom. The van der Waals surface area contributed by atoms with Crippen LogP contribution in [0.15, 0.2) is 6.07 Å². The van der Waals surface area contributed by atoms with E-state index in [1.807, 2.05) is 6.07 Å². The van der Waals surface area contributed by atoms with Crippen molar-refractivity contribution >= 4 is 17.6 Å². The maximum absolute atomic E-state index is 5.72. The highest BCUT2D eigenvalue weighted by atomic mass is 16.5. The Bertz CT molecular complexity index is 407. The van der Waals surface area contributed by atoms with E-state index in [1.165, 1.54) is 12.8 Å². The van der Waals surface area contributed by atoms with Gasteiger partial charge in [0.15, 0.2) is 0 Å². The molecule has 0 amide bonds. The highest BCUT2D eigenvalue weighted by Gasteiger charge is 2.13. The van der Waals surface area contributed by atoms with Crippen LogP contribution in [0.4, 0.5) is 17.6 Å². The van der Waals surface area contributed by atoms with Crippen molar-refractivity contribution in [1.29, 1.82) is 0 Å². The van der Waals surface area contributed by atoms with Crippen LogP contribution in [0.1, 0.15) is 39.0 Å². The lowest BCUT2D eigenvalue weighted by Gasteiger charge is -2.22. The maximum Gasteiger partial charge on any atom is 0.223 e. The SMILES string of the molecule is CCCNc1cc(NCCC2CCCCO2)nc(N)n1. The highest BCUT2D eigenvalue weighted by Crippen LogP contribution is 2.16. The molecule has 2 heterocycles. The van der Waals surface area contributed by atoms with Gasteiger partial charge in [-0.2, -0.15) is 9.97 Å². The third-order valence-electron chi connectivity index (χ3n) is 3.35. The van der Waals surface area contributed by atoms with Crippen molar-refractivity contribution in [1.82, 2.24) is 9.97 Å². The quantitative estimate of drug-likeness (QED) is 0.710. The normalized spacial score (nSPS) is 18.8. The van der Waals surface area contributed by atoms with E-state index in [4.69, 9.17) is 10.5 Å². The van der Waals surface area contributed by atoms with Crippen LogP contribution in [0.5, 0.6) is 0 Å². The van der Waals surface area contributed by atoms with Gasteiger partial charge in [0.2, 0.25) is 5.95 Å². The number of rotatable bonds is 7. The van der Waals surface area contributed by atoms with Crippen molar-refractivity contribution in [3.05, 3.63) is 6.07 Å². The largest absolute Gasteiger partial charge is 0.378 e. The van der Waals surface area contributed by atoms with Crippen LogP contribution >= 0.6 is 0 Å². The smallest absolute Gasteiger partial charge is 0.223 e. The van der Waals surface area contributed by atoms with Gasteiger partial charge in [-0.15, -0.1) is 0 Å². The summed E-state index contributed by atoms with van der Waals surface area (Å²) >= 11 is 0. The molecule has 0 aromatic carbocycles. The first-order chi connectivity index (χ1) is 9.78. The molecule has 0 bridgehead atoms. The molecule has 6 heteroatoms. The summed E-state index contributed by atoms with van der Waals surface area (Å²) in [7, 11) is 0. The van der Waals surface area contributed by atoms with Crippen molar-refractivity contribution in [2.24, 2.45) is 0 Å². The maximum atomic E-state index is 5.72. The minimum Gasteiger partial charge on any atom is -0.378 e. The second kappa shape index (κ2) is 7.89. The summed E-state index contributed by atoms with van der Waals surface area (Å²) in [5.41, 5.74) is 5.72. The minimum absolute atomic E-state index is 0.294. The molecule has 20 heavy (non-hydrogen) atoms. The van der Waals surface area contributed by atoms with Crippen LogP contribution in [-0.4, -0.2) is 35.8 Å². The monoisotopic (exact) mass is 279 g/mol. The number of aromatic nitrogens is 2. The zero-order valence-corrected chi connectivity index (χ0v) is 12.2. The van der Waals surface area contributed by atoms with Crippen LogP contribution < -0.4 is 16.4 Å². The van der Waals surface area contributed by atoms with E-state index < -0.39 is 0 Å². The zero-order valence-electron chi connectivity index (χ0n) is 12.2. The van der Waals surface area contributed by atoms with E-state index in [9.17, 15) is 0 Å². The predicted octanol–water partition coefficient (Wildman–Crippen LogP) is 2.25. The summed E-state index contributed by atoms with van der Waals surface area (Å²) in [6.07, 6.45) is 6.06. The van der Waals surface area contributed by atoms with Gasteiger partial charge in [0.25, 0.3) is 0 Å². The number of nitrogens with two attached hydrogens (primary N) is 1. The lowest BCUT2D eigenvalue weighted by molar-refractivity contribution is 0.0134. The van der Waals surface area contributed by atoms with Gasteiger partial charge in [-0.05, 0) is 32.1 Å². The average Bonchev–Trinajstić information content (AvgIpc) is 2.46. The van der Waals surface area contributed by atoms with Gasteiger partial charge in [0.1, 0.15) is 11.6 Å². The molecule has 1 fully saturated rings. The summed E-state index contributed by atoms with van der Waals surface area (Å²) in [4.78, 5) is 8.36. The number of anilines is 3. The van der Waals surface area contributed by atoms with Crippen LogP contribution in [0.25, 0.3) is 0 Å². The Kier molecular flexibility index (Phi) is 5.86. The topological polar surface area (TPSA) is 85.1 Å². The Morgan fingerprint density at radius 1 is 1.25 bits per heavy atom. The van der Waals surface area contributed by atoms with Gasteiger partial charge in [-0.3, -0.25) is 0 Å². The molecule has 1 aliphatic heterocycles. The van der Waals surface area contributed by atoms with E-state index in [0.29, 0.717) is 12.1 Å². The molecular formula is C14H25N5O. The minimum atomic E-state index is 0.294. The van der Waals surface area contributed by atoms with Crippen molar-refractivity contribution in [3.8, 4) is 0 Å². The summed E-state index contributed by atoms with van der Waals surface area (Å²) in [5, 5.41) is 6.52. The lowest BCUT2D eigenvalue weighted by atomic mass is 10.1. The van der Waals surface area contributed by atoms with E-state index >= 15 is 0 Å². The molecule has 0 aliphatic carbocycles. The van der Waals surface area contributed by atoms with Gasteiger partial charge in [0, 0.05) is 25.8 Å². The number of nitrogens with one attached hydrogen (secondary N) is 2. The predicted molar refractivity (Wildman–Crippen MR) is 81.9 cm³/mol. The van der Waals surface area contributed by atoms with Crippen molar-refractivity contribution in [3.63, 3.8) is 0 Å². The van der Waals surface area contributed by atoms with Gasteiger partial charge >= 0.3 is 0 Å². The standard InChI is InChI=1S/C14H25N5O/c1-2-7-16-12-10-13(19-14(15)18-12)17-8-6-11-5-3-4-9-20-11/h10-11H,2-9H2,1H3,(H4,15,16,17,18,19). The summed E-state index contributed by atoms with van der Waals surface area (Å²) in [6, 6.07) is 1.90. The van der Waals surface area contributed by atoms with Crippen LogP contribution in [-0.2, 0) is 4.74 Å². The Balaban J connectivity index is 1.80. The zero-order chi connectivity index (χ0) is 14.2. The van der Waals surface area contributed by atoms with Crippen molar-refractivity contribution in [2.75, 3.05) is 36.1 Å². The van der Waals surface area contributed by atoms with Crippen molar-refractivity contribution < 1.29 is 4.74 Å². The molecule has 0 saturated carbocycles. The lowest BCUT2D eigenvalue weighted by Crippen LogP contribution is -2.22. The Morgan fingerprint density at radius 3 is 2.65 bits per heavy atom. The number of nitrogen functional groups attached to an aromatic ring is 1. The third kappa shape index (κ3) is 4.85. The molecule has 0 spiro atoms. The van der Waals surface area contributed by atoms with E-state index in [-0.39, 0.29) is 0 Å². The first-order valence-corrected chi connectivity index (χ1v) is 7.52. The number of hydrogen-bond acceptors (Lipinski definition) is 6. The second-order valence-electron chi connectivity index (χ2n) is 5.13. The van der Waals surface area contributed by atoms with E-state index in [0.717, 1.165) is 50.6 Å². The molecule has 112 valence electrons. The van der Waals surface area contributed by atoms with E-state index in [2.05, 4.69) is 27.5 Å². The van der Waals surface area contributed by atoms with E-state index in [1.54, 1.807) is 0 Å². The second-order valence-corrected chi connectivity index (χ2v) is 5.13. The van der Waals surface area contributed by atoms with Gasteiger partial charge in [-0.1, -0.05) is 6.92 Å². The van der Waals surface area contributed by atoms with Crippen molar-refractivity contribution in [2.45, 2.75) is 45.1 Å². The fraction of sp³-hybridized carbons (Fsp3) is 0.714. The Labute approximate surface area is 120 Å². The molecule has 0 radical (unpaired) electrons. The first kappa shape index (κ1) is 14.8. The van der Waals surface area contributed by atoms with Gasteiger partial charge < -0.3 is 21.1 Å². The molecule has 4 N–H and O–H groups in total. The fourth-order valence-electron chi connectivity index (χ4n) is 2.30. The van der Waals surface area contributed by atoms with Crippen LogP contribution in [0, 0.1) is 0 Å². The van der Waals surface area contributed by atoms with Crippen LogP contribution in [0.3, 0.4) is 0 Å². The number of ether oxygens (including phenoxy) is 1. The number of hydrogen-bond donors (Lipinski definition) is 3. The Hall–Kier alpha value is -1.56. The first-order valence-electron chi connectivity index (χ1n) is 7.52. The van der Waals surface area contributed by atoms with Gasteiger partial charge in [-0.25, -0.2) is 0 Å². The third-order valence-corrected chi connectivity index (χ3v) is 3.35. The molecule has 6 nitrogen and oxygen atoms in total. The number of nitrogens with zero attached hydrogens (tertiary/aromatic N) is 2. The summed E-state index contributed by atoms with van der Waals surface area (Å²) in [5.74, 6) is 1.84. The van der Waals surface area contributed by atoms with Crippen LogP contribution in [0.2, 0.25) is 0 Å². The molecule has 1 atom stereocenters.